The molecule has 1 fully saturated rings. The van der Waals surface area contributed by atoms with Crippen LogP contribution in [0.25, 0.3) is 0 Å². The van der Waals surface area contributed by atoms with Crippen molar-refractivity contribution in [1.29, 1.82) is 0 Å². The highest BCUT2D eigenvalue weighted by Gasteiger charge is 2.36. The summed E-state index contributed by atoms with van der Waals surface area (Å²) in [5.74, 6) is -0.141. The van der Waals surface area contributed by atoms with Crippen molar-refractivity contribution in [3.05, 3.63) is 18.1 Å². The number of hydrogen-bond donors (Lipinski definition) is 0. The number of methoxy groups -OCH3 is 1. The fraction of sp³-hybridized carbons (Fsp3) is 0.455. The molecular formula is C11H14N4O3. The standard InChI is InChI=1S/C11H14N4O3/c1-7-10(16)14(2)6-15(7)11(17)8-4-12-5-9(13-8)18-3/h4-5,7H,6H2,1-3H3. The number of likely N-dealkylation sites (N-methyl/N-ethyl adjacent to an activating group) is 1. The summed E-state index contributed by atoms with van der Waals surface area (Å²) in [5.41, 5.74) is 0.171. The molecule has 18 heavy (non-hydrogen) atoms. The monoisotopic (exact) mass is 250 g/mol. The van der Waals surface area contributed by atoms with Gasteiger partial charge in [0.2, 0.25) is 11.8 Å². The SMILES string of the molecule is COc1cncc(C(=O)N2CN(C)C(=O)C2C)n1. The van der Waals surface area contributed by atoms with Crippen LogP contribution in [-0.4, -0.2) is 58.5 Å². The number of rotatable bonds is 2. The highest BCUT2D eigenvalue weighted by Crippen LogP contribution is 2.16. The third kappa shape index (κ3) is 1.99. The molecule has 2 amide bonds. The van der Waals surface area contributed by atoms with Crippen LogP contribution in [0.15, 0.2) is 12.4 Å². The van der Waals surface area contributed by atoms with Gasteiger partial charge in [-0.1, -0.05) is 0 Å². The molecular weight excluding hydrogens is 236 g/mol. The zero-order chi connectivity index (χ0) is 13.3. The number of nitrogens with zero attached hydrogens (tertiary/aromatic N) is 4. The largest absolute Gasteiger partial charge is 0.480 e. The maximum Gasteiger partial charge on any atom is 0.276 e. The summed E-state index contributed by atoms with van der Waals surface area (Å²) >= 11 is 0. The number of carbonyl (C=O) groups is 2. The van der Waals surface area contributed by atoms with E-state index in [-0.39, 0.29) is 30.1 Å². The lowest BCUT2D eigenvalue weighted by Crippen LogP contribution is -2.36. The molecule has 0 aromatic carbocycles. The van der Waals surface area contributed by atoms with Crippen LogP contribution in [-0.2, 0) is 4.79 Å². The van der Waals surface area contributed by atoms with Crippen LogP contribution in [0, 0.1) is 0 Å². The number of hydrogen-bond acceptors (Lipinski definition) is 5. The molecule has 1 saturated heterocycles. The first kappa shape index (κ1) is 12.3. The quantitative estimate of drug-likeness (QED) is 0.723. The molecule has 0 saturated carbocycles. The van der Waals surface area contributed by atoms with Gasteiger partial charge in [0, 0.05) is 7.05 Å². The van der Waals surface area contributed by atoms with Crippen molar-refractivity contribution in [3.8, 4) is 5.88 Å². The smallest absolute Gasteiger partial charge is 0.276 e. The van der Waals surface area contributed by atoms with Crippen LogP contribution in [0.4, 0.5) is 0 Å². The van der Waals surface area contributed by atoms with Crippen molar-refractivity contribution in [2.24, 2.45) is 0 Å². The van der Waals surface area contributed by atoms with Gasteiger partial charge in [-0.15, -0.1) is 0 Å². The Hall–Kier alpha value is -2.18. The molecule has 0 radical (unpaired) electrons. The van der Waals surface area contributed by atoms with E-state index in [4.69, 9.17) is 4.74 Å². The van der Waals surface area contributed by atoms with Gasteiger partial charge in [-0.25, -0.2) is 4.98 Å². The van der Waals surface area contributed by atoms with Crippen LogP contribution in [0.1, 0.15) is 17.4 Å². The number of carbonyl (C=O) groups excluding carboxylic acids is 2. The van der Waals surface area contributed by atoms with E-state index in [1.165, 1.54) is 29.3 Å². The van der Waals surface area contributed by atoms with Gasteiger partial charge in [0.15, 0.2) is 5.69 Å². The Morgan fingerprint density at radius 3 is 2.78 bits per heavy atom. The Kier molecular flexibility index (Phi) is 3.14. The minimum absolute atomic E-state index is 0.0841. The van der Waals surface area contributed by atoms with Crippen molar-refractivity contribution >= 4 is 11.8 Å². The molecule has 1 aromatic rings. The van der Waals surface area contributed by atoms with Crippen molar-refractivity contribution in [3.63, 3.8) is 0 Å². The molecule has 0 N–H and O–H groups in total. The maximum atomic E-state index is 12.2. The average Bonchev–Trinajstić information content (AvgIpc) is 2.65. The van der Waals surface area contributed by atoms with E-state index in [9.17, 15) is 9.59 Å². The predicted octanol–water partition coefficient (Wildman–Crippen LogP) is -0.255. The van der Waals surface area contributed by atoms with Gasteiger partial charge >= 0.3 is 0 Å². The number of amides is 2. The molecule has 0 spiro atoms. The lowest BCUT2D eigenvalue weighted by molar-refractivity contribution is -0.127. The normalized spacial score (nSPS) is 19.3. The molecule has 7 heteroatoms. The highest BCUT2D eigenvalue weighted by molar-refractivity contribution is 5.97. The summed E-state index contributed by atoms with van der Waals surface area (Å²) in [4.78, 5) is 34.7. The summed E-state index contributed by atoms with van der Waals surface area (Å²) < 4.78 is 4.92. The van der Waals surface area contributed by atoms with Crippen LogP contribution >= 0.6 is 0 Å². The zero-order valence-electron chi connectivity index (χ0n) is 10.5. The second-order valence-electron chi connectivity index (χ2n) is 4.08. The van der Waals surface area contributed by atoms with Crippen LogP contribution in [0.2, 0.25) is 0 Å². The van der Waals surface area contributed by atoms with Crippen molar-refractivity contribution in [2.75, 3.05) is 20.8 Å². The zero-order valence-corrected chi connectivity index (χ0v) is 10.5. The molecule has 2 heterocycles. The molecule has 1 atom stereocenters. The Labute approximate surface area is 104 Å². The Morgan fingerprint density at radius 2 is 2.22 bits per heavy atom. The molecule has 0 bridgehead atoms. The molecule has 7 nitrogen and oxygen atoms in total. The van der Waals surface area contributed by atoms with Crippen LogP contribution < -0.4 is 4.74 Å². The van der Waals surface area contributed by atoms with Gasteiger partial charge in [0.25, 0.3) is 5.91 Å². The Morgan fingerprint density at radius 1 is 1.50 bits per heavy atom. The minimum Gasteiger partial charge on any atom is -0.480 e. The van der Waals surface area contributed by atoms with E-state index in [1.54, 1.807) is 14.0 Å². The topological polar surface area (TPSA) is 75.6 Å². The summed E-state index contributed by atoms with van der Waals surface area (Å²) in [6, 6.07) is -0.476. The summed E-state index contributed by atoms with van der Waals surface area (Å²) in [5, 5.41) is 0. The van der Waals surface area contributed by atoms with E-state index in [2.05, 4.69) is 9.97 Å². The molecule has 1 aromatic heterocycles. The van der Waals surface area contributed by atoms with Crippen LogP contribution in [0.5, 0.6) is 5.88 Å². The third-order valence-electron chi connectivity index (χ3n) is 2.87. The lowest BCUT2D eigenvalue weighted by Gasteiger charge is -2.18. The third-order valence-corrected chi connectivity index (χ3v) is 2.87. The second-order valence-corrected chi connectivity index (χ2v) is 4.08. The summed E-state index contributed by atoms with van der Waals surface area (Å²) in [7, 11) is 3.11. The molecule has 2 rings (SSSR count). The minimum atomic E-state index is -0.476. The first-order valence-corrected chi connectivity index (χ1v) is 5.46. The van der Waals surface area contributed by atoms with E-state index >= 15 is 0 Å². The molecule has 1 aliphatic heterocycles. The van der Waals surface area contributed by atoms with Gasteiger partial charge in [-0.05, 0) is 6.92 Å². The van der Waals surface area contributed by atoms with Crippen molar-refractivity contribution in [2.45, 2.75) is 13.0 Å². The van der Waals surface area contributed by atoms with E-state index in [1.807, 2.05) is 0 Å². The fourth-order valence-electron chi connectivity index (χ4n) is 1.81. The van der Waals surface area contributed by atoms with Gasteiger partial charge in [-0.2, -0.15) is 0 Å². The van der Waals surface area contributed by atoms with Gasteiger partial charge in [0.05, 0.1) is 26.2 Å². The first-order valence-electron chi connectivity index (χ1n) is 5.46. The molecule has 96 valence electrons. The highest BCUT2D eigenvalue weighted by atomic mass is 16.5. The van der Waals surface area contributed by atoms with Gasteiger partial charge in [-0.3, -0.25) is 14.6 Å². The van der Waals surface area contributed by atoms with Crippen molar-refractivity contribution in [1.82, 2.24) is 19.8 Å². The van der Waals surface area contributed by atoms with Crippen molar-refractivity contribution < 1.29 is 14.3 Å². The predicted molar refractivity (Wildman–Crippen MR) is 61.9 cm³/mol. The van der Waals surface area contributed by atoms with E-state index in [0.717, 1.165) is 0 Å². The second kappa shape index (κ2) is 4.59. The fourth-order valence-corrected chi connectivity index (χ4v) is 1.81. The molecule has 0 aliphatic carbocycles. The summed E-state index contributed by atoms with van der Waals surface area (Å²) in [6.45, 7) is 1.95. The van der Waals surface area contributed by atoms with Gasteiger partial charge in [0.1, 0.15) is 6.04 Å². The van der Waals surface area contributed by atoms with E-state index in [0.29, 0.717) is 0 Å². The Bertz CT molecular complexity index is 491. The Balaban J connectivity index is 2.24. The van der Waals surface area contributed by atoms with Gasteiger partial charge < -0.3 is 14.5 Å². The summed E-state index contributed by atoms with van der Waals surface area (Å²) in [6.07, 6.45) is 2.78. The number of aromatic nitrogens is 2. The number of ether oxygens (including phenoxy) is 1. The lowest BCUT2D eigenvalue weighted by atomic mass is 10.3. The van der Waals surface area contributed by atoms with E-state index < -0.39 is 6.04 Å². The molecule has 1 unspecified atom stereocenters. The maximum absolute atomic E-state index is 12.2. The first-order chi connectivity index (χ1) is 8.54. The van der Waals surface area contributed by atoms with Crippen LogP contribution in [0.3, 0.4) is 0 Å². The average molecular weight is 250 g/mol. The molecule has 1 aliphatic rings.